The number of ether oxygens (including phenoxy) is 3. The lowest BCUT2D eigenvalue weighted by molar-refractivity contribution is -0.145. The first-order chi connectivity index (χ1) is 16.4. The van der Waals surface area contributed by atoms with Gasteiger partial charge in [-0.05, 0) is 36.6 Å². The van der Waals surface area contributed by atoms with Gasteiger partial charge in [-0.1, -0.05) is 19.4 Å². The van der Waals surface area contributed by atoms with Gasteiger partial charge in [0.25, 0.3) is 6.43 Å². The average Bonchev–Trinajstić information content (AvgIpc) is 2.82. The van der Waals surface area contributed by atoms with Crippen molar-refractivity contribution in [3.8, 4) is 16.9 Å². The number of unbranched alkanes of at least 4 members (excludes halogenated alkanes) is 1. The number of rotatable bonds is 12. The van der Waals surface area contributed by atoms with E-state index in [-0.39, 0.29) is 30.1 Å². The third-order valence-electron chi connectivity index (χ3n) is 5.90. The van der Waals surface area contributed by atoms with Gasteiger partial charge >= 0.3 is 5.97 Å². The van der Waals surface area contributed by atoms with E-state index in [2.05, 4.69) is 17.2 Å². The zero-order valence-corrected chi connectivity index (χ0v) is 19.6. The molecule has 186 valence electrons. The van der Waals surface area contributed by atoms with Crippen LogP contribution in [0.25, 0.3) is 11.1 Å². The molecule has 34 heavy (non-hydrogen) atoms. The molecule has 0 spiro atoms. The number of pyridine rings is 1. The number of carboxylic acids is 1. The molecule has 9 heteroatoms. The second-order valence-electron chi connectivity index (χ2n) is 8.24. The summed E-state index contributed by atoms with van der Waals surface area (Å²) in [6.45, 7) is 5.43. The predicted octanol–water partition coefficient (Wildman–Crippen LogP) is 5.45. The smallest absolute Gasteiger partial charge is 0.329 e. The van der Waals surface area contributed by atoms with Gasteiger partial charge in [-0.3, -0.25) is 4.98 Å². The van der Waals surface area contributed by atoms with Crippen LogP contribution in [-0.4, -0.2) is 48.0 Å². The fourth-order valence-electron chi connectivity index (χ4n) is 4.03. The zero-order valence-electron chi connectivity index (χ0n) is 19.6. The van der Waals surface area contributed by atoms with Gasteiger partial charge in [-0.15, -0.1) is 0 Å². The molecule has 0 saturated carbocycles. The summed E-state index contributed by atoms with van der Waals surface area (Å²) < 4.78 is 44.7. The molecule has 3 rings (SSSR count). The van der Waals surface area contributed by atoms with E-state index in [1.165, 1.54) is 12.4 Å². The highest BCUT2D eigenvalue weighted by Gasteiger charge is 2.40. The van der Waals surface area contributed by atoms with Gasteiger partial charge < -0.3 is 24.6 Å². The van der Waals surface area contributed by atoms with Crippen LogP contribution in [0, 0.1) is 0 Å². The number of alkyl halides is 2. The molecule has 0 amide bonds. The number of nitrogens with zero attached hydrogens (tertiary/aromatic N) is 1. The topological polar surface area (TPSA) is 89.9 Å². The molecule has 2 heterocycles. The van der Waals surface area contributed by atoms with Crippen LogP contribution in [0.5, 0.6) is 5.75 Å². The third-order valence-corrected chi connectivity index (χ3v) is 5.90. The van der Waals surface area contributed by atoms with Crippen molar-refractivity contribution >= 4 is 11.7 Å². The van der Waals surface area contributed by atoms with Crippen molar-refractivity contribution in [2.24, 2.45) is 0 Å². The summed E-state index contributed by atoms with van der Waals surface area (Å²) in [5.41, 5.74) is 0.674. The summed E-state index contributed by atoms with van der Waals surface area (Å²) in [4.78, 5) is 16.2. The number of carboxylic acid groups (broad SMARTS) is 1. The average molecular weight is 479 g/mol. The normalized spacial score (nSPS) is 15.3. The largest absolute Gasteiger partial charge is 0.492 e. The second-order valence-corrected chi connectivity index (χ2v) is 8.24. The fourth-order valence-corrected chi connectivity index (χ4v) is 4.03. The van der Waals surface area contributed by atoms with Gasteiger partial charge in [0.15, 0.2) is 0 Å². The number of hydrogen-bond donors (Lipinski definition) is 2. The monoisotopic (exact) mass is 478 g/mol. The van der Waals surface area contributed by atoms with Crippen LogP contribution < -0.4 is 10.1 Å². The van der Waals surface area contributed by atoms with Gasteiger partial charge in [0.05, 0.1) is 25.0 Å². The van der Waals surface area contributed by atoms with Crippen molar-refractivity contribution < 1.29 is 32.9 Å². The first-order valence-electron chi connectivity index (χ1n) is 11.6. The van der Waals surface area contributed by atoms with Crippen LogP contribution >= 0.6 is 0 Å². The Bertz CT molecular complexity index is 964. The lowest BCUT2D eigenvalue weighted by Crippen LogP contribution is -2.50. The van der Waals surface area contributed by atoms with E-state index in [1.54, 1.807) is 25.1 Å². The van der Waals surface area contributed by atoms with Crippen molar-refractivity contribution in [2.45, 2.75) is 58.1 Å². The molecule has 2 N–H and O–H groups in total. The minimum atomic E-state index is -2.76. The number of anilines is 1. The van der Waals surface area contributed by atoms with Crippen molar-refractivity contribution in [3.05, 3.63) is 41.7 Å². The summed E-state index contributed by atoms with van der Waals surface area (Å²) in [5, 5.41) is 13.0. The van der Waals surface area contributed by atoms with Crippen molar-refractivity contribution in [3.63, 3.8) is 0 Å². The van der Waals surface area contributed by atoms with Gasteiger partial charge in [-0.25, -0.2) is 13.6 Å². The highest BCUT2D eigenvalue weighted by atomic mass is 19.3. The van der Waals surface area contributed by atoms with Gasteiger partial charge in [0.1, 0.15) is 11.3 Å². The minimum absolute atomic E-state index is 0.0436. The van der Waals surface area contributed by atoms with Crippen LogP contribution in [0.2, 0.25) is 0 Å². The van der Waals surface area contributed by atoms with Crippen LogP contribution in [0.1, 0.15) is 57.1 Å². The Labute approximate surface area is 198 Å². The Balaban J connectivity index is 2.02. The molecule has 7 nitrogen and oxygen atoms in total. The summed E-state index contributed by atoms with van der Waals surface area (Å²) in [7, 11) is 0. The van der Waals surface area contributed by atoms with Gasteiger partial charge in [0.2, 0.25) is 0 Å². The maximum atomic E-state index is 14.1. The number of aromatic nitrogens is 1. The van der Waals surface area contributed by atoms with E-state index in [1.807, 2.05) is 0 Å². The first-order valence-corrected chi connectivity index (χ1v) is 11.6. The molecule has 1 aromatic carbocycles. The lowest BCUT2D eigenvalue weighted by Gasteiger charge is -2.35. The minimum Gasteiger partial charge on any atom is -0.492 e. The third kappa shape index (κ3) is 6.01. The molecule has 0 atom stereocenters. The van der Waals surface area contributed by atoms with E-state index in [0.29, 0.717) is 49.5 Å². The van der Waals surface area contributed by atoms with Crippen LogP contribution in [0.15, 0.2) is 30.6 Å². The molecule has 1 aliphatic rings. The van der Waals surface area contributed by atoms with Crippen LogP contribution in [0.3, 0.4) is 0 Å². The molecule has 0 radical (unpaired) electrons. The maximum absolute atomic E-state index is 14.1. The van der Waals surface area contributed by atoms with Crippen molar-refractivity contribution in [1.29, 1.82) is 0 Å². The summed E-state index contributed by atoms with van der Waals surface area (Å²) in [6, 6.07) is 5.17. The van der Waals surface area contributed by atoms with E-state index < -0.39 is 17.9 Å². The van der Waals surface area contributed by atoms with E-state index in [0.717, 1.165) is 12.8 Å². The Hall–Kier alpha value is -2.78. The standard InChI is InChI=1S/C25H32F2N2O5/c1-3-5-10-33-16-17-13-18(29-25(24(30)31)8-11-32-12-9-25)6-7-19(17)20-14-28-15-21(34-4-2)22(20)23(26)27/h6-7,13-15,23,29H,3-5,8-12,16H2,1-2H3,(H,30,31). The number of nitrogens with one attached hydrogen (secondary N) is 1. The van der Waals surface area contributed by atoms with Crippen LogP contribution in [-0.2, 0) is 20.9 Å². The Kier molecular flexibility index (Phi) is 9.18. The Morgan fingerprint density at radius 1 is 1.24 bits per heavy atom. The maximum Gasteiger partial charge on any atom is 0.329 e. The van der Waals surface area contributed by atoms with Crippen molar-refractivity contribution in [2.75, 3.05) is 31.7 Å². The summed E-state index contributed by atoms with van der Waals surface area (Å²) in [6.07, 6.45) is 2.42. The SMILES string of the molecule is CCCCOCc1cc(NC2(C(=O)O)CCOCC2)ccc1-c1cncc(OCC)c1C(F)F. The second kappa shape index (κ2) is 12.1. The van der Waals surface area contributed by atoms with Gasteiger partial charge in [0, 0.05) is 50.1 Å². The number of halogens is 2. The molecule has 0 unspecified atom stereocenters. The number of benzene rings is 1. The summed E-state index contributed by atoms with van der Waals surface area (Å²) in [5.74, 6) is -0.906. The highest BCUT2D eigenvalue weighted by molar-refractivity contribution is 5.83. The van der Waals surface area contributed by atoms with Crippen molar-refractivity contribution in [1.82, 2.24) is 4.98 Å². The number of hydrogen-bond acceptors (Lipinski definition) is 6. The molecular weight excluding hydrogens is 446 g/mol. The molecular formula is C25H32F2N2O5. The van der Waals surface area contributed by atoms with Crippen LogP contribution in [0.4, 0.5) is 14.5 Å². The summed E-state index contributed by atoms with van der Waals surface area (Å²) >= 11 is 0. The number of aliphatic carboxylic acids is 1. The molecule has 1 saturated heterocycles. The quantitative estimate of drug-likeness (QED) is 0.392. The molecule has 0 bridgehead atoms. The molecule has 1 fully saturated rings. The Morgan fingerprint density at radius 3 is 2.65 bits per heavy atom. The zero-order chi connectivity index (χ0) is 24.6. The highest BCUT2D eigenvalue weighted by Crippen LogP contribution is 2.40. The first kappa shape index (κ1) is 25.8. The van der Waals surface area contributed by atoms with E-state index in [9.17, 15) is 18.7 Å². The number of carbonyl (C=O) groups is 1. The molecule has 0 aliphatic carbocycles. The van der Waals surface area contributed by atoms with Gasteiger partial charge in [-0.2, -0.15) is 0 Å². The van der Waals surface area contributed by atoms with E-state index in [4.69, 9.17) is 14.2 Å². The Morgan fingerprint density at radius 2 is 2.00 bits per heavy atom. The lowest BCUT2D eigenvalue weighted by atomic mass is 9.89. The predicted molar refractivity (Wildman–Crippen MR) is 124 cm³/mol. The van der Waals surface area contributed by atoms with E-state index >= 15 is 0 Å². The fraction of sp³-hybridized carbons (Fsp3) is 0.520. The molecule has 1 aromatic heterocycles. The molecule has 2 aromatic rings. The molecule has 1 aliphatic heterocycles.